The predicted molar refractivity (Wildman–Crippen MR) is 34.1 cm³/mol. The minimum atomic E-state index is 1.40. The molecule has 0 aromatic rings. The molecule has 0 aliphatic heterocycles. The van der Waals surface area contributed by atoms with Crippen LogP contribution in [0.5, 0.6) is 0 Å². The van der Waals surface area contributed by atoms with E-state index in [0.29, 0.717) is 0 Å². The predicted octanol–water partition coefficient (Wildman–Crippen LogP) is 1.81. The topological polar surface area (TPSA) is 23.8 Å². The van der Waals surface area contributed by atoms with E-state index in [9.17, 15) is 0 Å². The average molecular weight is 105 g/mol. The molecular formula is C7H7N. The number of rotatable bonds is 2. The molecule has 0 amide bonds. The smallest absolute Gasteiger partial charge is 0.0912 e. The van der Waals surface area contributed by atoms with Crippen LogP contribution in [0.2, 0.25) is 0 Å². The molecule has 0 fully saturated rings. The molecule has 0 spiro atoms. The zero-order valence-electron chi connectivity index (χ0n) is 4.54. The highest BCUT2D eigenvalue weighted by Crippen LogP contribution is 1.74. The van der Waals surface area contributed by atoms with Crippen molar-refractivity contribution in [2.45, 2.75) is 0 Å². The van der Waals surface area contributed by atoms with Crippen molar-refractivity contribution >= 4 is 0 Å². The van der Waals surface area contributed by atoms with Crippen molar-refractivity contribution in [3.63, 3.8) is 0 Å². The Bertz CT molecular complexity index is 146. The van der Waals surface area contributed by atoms with E-state index in [-0.39, 0.29) is 0 Å². The van der Waals surface area contributed by atoms with Crippen LogP contribution >= 0.6 is 0 Å². The van der Waals surface area contributed by atoms with Crippen molar-refractivity contribution in [1.82, 2.24) is 0 Å². The summed E-state index contributed by atoms with van der Waals surface area (Å²) in [6, 6.07) is 1.86. The van der Waals surface area contributed by atoms with Crippen molar-refractivity contribution in [2.75, 3.05) is 0 Å². The van der Waals surface area contributed by atoms with Crippen molar-refractivity contribution < 1.29 is 0 Å². The summed E-state index contributed by atoms with van der Waals surface area (Å²) in [5.74, 6) is 0. The van der Waals surface area contributed by atoms with Crippen LogP contribution in [0.3, 0.4) is 0 Å². The van der Waals surface area contributed by atoms with Crippen LogP contribution in [0.25, 0.3) is 0 Å². The second-order valence-electron chi connectivity index (χ2n) is 1.11. The number of nitrogens with zero attached hydrogens (tertiary/aromatic N) is 1. The van der Waals surface area contributed by atoms with E-state index >= 15 is 0 Å². The summed E-state index contributed by atoms with van der Waals surface area (Å²) < 4.78 is 0. The standard InChI is InChI=1S/C7H7N/c1-2-3-4-5-6-7-8/h2-6H,1H2/b4-3-,6-5?. The van der Waals surface area contributed by atoms with Crippen LogP contribution < -0.4 is 0 Å². The normalized spacial score (nSPS) is 9.88. The highest BCUT2D eigenvalue weighted by molar-refractivity contribution is 5.14. The van der Waals surface area contributed by atoms with Gasteiger partial charge in [-0.15, -0.1) is 0 Å². The highest BCUT2D eigenvalue weighted by Gasteiger charge is 1.56. The molecule has 0 rings (SSSR count). The highest BCUT2D eigenvalue weighted by atomic mass is 14.2. The van der Waals surface area contributed by atoms with E-state index in [1.54, 1.807) is 24.3 Å². The molecule has 8 heavy (non-hydrogen) atoms. The fourth-order valence-corrected chi connectivity index (χ4v) is 0.241. The first-order valence-corrected chi connectivity index (χ1v) is 2.25. The third-order valence-electron chi connectivity index (χ3n) is 0.529. The zero-order chi connectivity index (χ0) is 6.24. The Balaban J connectivity index is 3.46. The Morgan fingerprint density at radius 3 is 2.50 bits per heavy atom. The molecule has 0 heterocycles. The van der Waals surface area contributed by atoms with Crippen molar-refractivity contribution in [3.8, 4) is 6.07 Å². The summed E-state index contributed by atoms with van der Waals surface area (Å²) in [6.07, 6.45) is 8.22. The second-order valence-corrected chi connectivity index (χ2v) is 1.11. The van der Waals surface area contributed by atoms with Gasteiger partial charge in [0.15, 0.2) is 0 Å². The van der Waals surface area contributed by atoms with E-state index < -0.39 is 0 Å². The lowest BCUT2D eigenvalue weighted by molar-refractivity contribution is 1.53. The van der Waals surface area contributed by atoms with E-state index in [2.05, 4.69) is 6.58 Å². The SMILES string of the molecule is C=C/C=C\C=CC#N. The molecule has 0 unspecified atom stereocenters. The van der Waals surface area contributed by atoms with Crippen LogP contribution in [0.4, 0.5) is 0 Å². The molecule has 0 aliphatic rings. The maximum atomic E-state index is 7.97. The zero-order valence-corrected chi connectivity index (χ0v) is 4.54. The third kappa shape index (κ3) is 4.71. The van der Waals surface area contributed by atoms with E-state index in [4.69, 9.17) is 5.26 Å². The maximum Gasteiger partial charge on any atom is 0.0912 e. The lowest BCUT2D eigenvalue weighted by Crippen LogP contribution is -1.45. The van der Waals surface area contributed by atoms with Gasteiger partial charge in [0.05, 0.1) is 6.07 Å². The summed E-state index contributed by atoms with van der Waals surface area (Å²) in [5.41, 5.74) is 0. The van der Waals surface area contributed by atoms with E-state index in [1.165, 1.54) is 6.08 Å². The van der Waals surface area contributed by atoms with Gasteiger partial charge in [-0.1, -0.05) is 30.9 Å². The van der Waals surface area contributed by atoms with Gasteiger partial charge in [-0.3, -0.25) is 0 Å². The molecule has 1 heteroatoms. The summed E-state index contributed by atoms with van der Waals surface area (Å²) >= 11 is 0. The number of hydrogen-bond donors (Lipinski definition) is 0. The lowest BCUT2D eigenvalue weighted by atomic mass is 10.4. The van der Waals surface area contributed by atoms with Gasteiger partial charge in [0, 0.05) is 6.08 Å². The lowest BCUT2D eigenvalue weighted by Gasteiger charge is -1.64. The van der Waals surface area contributed by atoms with Gasteiger partial charge in [0.2, 0.25) is 0 Å². The summed E-state index contributed by atoms with van der Waals surface area (Å²) in [4.78, 5) is 0. The number of allylic oxidation sites excluding steroid dienone is 5. The Kier molecular flexibility index (Phi) is 4.79. The van der Waals surface area contributed by atoms with Crippen molar-refractivity contribution in [1.29, 1.82) is 5.26 Å². The van der Waals surface area contributed by atoms with Gasteiger partial charge in [-0.05, 0) is 0 Å². The molecular weight excluding hydrogens is 98.1 g/mol. The Hall–Kier alpha value is -1.29. The summed E-state index contributed by atoms with van der Waals surface area (Å²) in [7, 11) is 0. The molecule has 0 aliphatic carbocycles. The van der Waals surface area contributed by atoms with Gasteiger partial charge in [-0.25, -0.2) is 0 Å². The van der Waals surface area contributed by atoms with Gasteiger partial charge in [-0.2, -0.15) is 5.26 Å². The minimum Gasteiger partial charge on any atom is -0.193 e. The molecule has 0 N–H and O–H groups in total. The van der Waals surface area contributed by atoms with Crippen LogP contribution in [0, 0.1) is 11.3 Å². The van der Waals surface area contributed by atoms with E-state index in [0.717, 1.165) is 0 Å². The fourth-order valence-electron chi connectivity index (χ4n) is 0.241. The molecule has 0 saturated carbocycles. The number of hydrogen-bond acceptors (Lipinski definition) is 1. The van der Waals surface area contributed by atoms with Crippen LogP contribution in [-0.2, 0) is 0 Å². The van der Waals surface area contributed by atoms with Crippen molar-refractivity contribution in [3.05, 3.63) is 37.0 Å². The average Bonchev–Trinajstić information content (AvgIpc) is 1.81. The first-order valence-electron chi connectivity index (χ1n) is 2.25. The monoisotopic (exact) mass is 105 g/mol. The van der Waals surface area contributed by atoms with E-state index in [1.807, 2.05) is 6.07 Å². The number of nitriles is 1. The molecule has 40 valence electrons. The minimum absolute atomic E-state index is 1.40. The molecule has 0 radical (unpaired) electrons. The summed E-state index contributed by atoms with van der Waals surface area (Å²) in [6.45, 7) is 3.45. The summed E-state index contributed by atoms with van der Waals surface area (Å²) in [5, 5.41) is 7.97. The third-order valence-corrected chi connectivity index (χ3v) is 0.529. The second kappa shape index (κ2) is 5.71. The van der Waals surface area contributed by atoms with Crippen LogP contribution in [0.1, 0.15) is 0 Å². The Morgan fingerprint density at radius 2 is 2.00 bits per heavy atom. The van der Waals surface area contributed by atoms with Gasteiger partial charge in [0.25, 0.3) is 0 Å². The maximum absolute atomic E-state index is 7.97. The molecule has 0 bridgehead atoms. The van der Waals surface area contributed by atoms with Crippen LogP contribution in [-0.4, -0.2) is 0 Å². The Morgan fingerprint density at radius 1 is 1.25 bits per heavy atom. The first kappa shape index (κ1) is 6.71. The van der Waals surface area contributed by atoms with Crippen LogP contribution in [0.15, 0.2) is 37.0 Å². The van der Waals surface area contributed by atoms with Gasteiger partial charge >= 0.3 is 0 Å². The molecule has 0 aromatic heterocycles. The fraction of sp³-hybridized carbons (Fsp3) is 0. The van der Waals surface area contributed by atoms with Gasteiger partial charge in [0.1, 0.15) is 0 Å². The molecule has 0 aromatic carbocycles. The molecule has 1 nitrogen and oxygen atoms in total. The Labute approximate surface area is 49.3 Å². The molecule has 0 atom stereocenters. The van der Waals surface area contributed by atoms with Crippen molar-refractivity contribution in [2.24, 2.45) is 0 Å². The quantitative estimate of drug-likeness (QED) is 0.388. The van der Waals surface area contributed by atoms with Gasteiger partial charge < -0.3 is 0 Å². The molecule has 0 saturated heterocycles. The largest absolute Gasteiger partial charge is 0.193 e. The first-order chi connectivity index (χ1) is 3.91.